The Bertz CT molecular complexity index is 634. The number of allylic oxidation sites excluding steroid dienone is 3. The summed E-state index contributed by atoms with van der Waals surface area (Å²) in [7, 11) is -10.0. The summed E-state index contributed by atoms with van der Waals surface area (Å²) in [5.41, 5.74) is 1.46. The fourth-order valence-corrected chi connectivity index (χ4v) is 4.57. The molecule has 3 N–H and O–H groups in total. The van der Waals surface area contributed by atoms with E-state index in [1.165, 1.54) is 5.57 Å². The van der Waals surface area contributed by atoms with Gasteiger partial charge in [0.25, 0.3) is 0 Å². The van der Waals surface area contributed by atoms with Crippen molar-refractivity contribution in [1.29, 1.82) is 0 Å². The van der Waals surface area contributed by atoms with Crippen molar-refractivity contribution in [3.05, 3.63) is 23.3 Å². The van der Waals surface area contributed by atoms with Crippen LogP contribution in [0.5, 0.6) is 0 Å². The molecule has 3 atom stereocenters. The van der Waals surface area contributed by atoms with Gasteiger partial charge in [-0.1, -0.05) is 50.5 Å². The topological polar surface area (TPSA) is 113 Å². The van der Waals surface area contributed by atoms with Crippen LogP contribution in [-0.4, -0.2) is 20.3 Å². The Balaban J connectivity index is 5.15. The molecule has 0 aromatic rings. The van der Waals surface area contributed by atoms with Crippen LogP contribution in [0.15, 0.2) is 23.3 Å². The minimum Gasteiger partial charge on any atom is -0.302 e. The van der Waals surface area contributed by atoms with Gasteiger partial charge in [-0.3, -0.25) is 4.52 Å². The Kier molecular flexibility index (Phi) is 10.4. The number of rotatable bonds is 12. The van der Waals surface area contributed by atoms with Gasteiger partial charge in [-0.2, -0.15) is 4.31 Å². The van der Waals surface area contributed by atoms with Gasteiger partial charge in [0.1, 0.15) is 0 Å². The minimum absolute atomic E-state index is 0.122. The molecule has 0 aromatic carbocycles. The van der Waals surface area contributed by atoms with Crippen molar-refractivity contribution in [3.8, 4) is 0 Å². The monoisotopic (exact) mass is 426 g/mol. The first kappa shape index (κ1) is 26.7. The summed E-state index contributed by atoms with van der Waals surface area (Å²) in [5, 5.41) is 0. The number of hydrogen-bond acceptors (Lipinski definition) is 4. The van der Waals surface area contributed by atoms with Gasteiger partial charge in [-0.15, -0.1) is 0 Å². The smallest absolute Gasteiger partial charge is 0.302 e. The quantitative estimate of drug-likeness (QED) is 0.264. The first-order valence-corrected chi connectivity index (χ1v) is 12.2. The van der Waals surface area contributed by atoms with E-state index in [9.17, 15) is 14.0 Å². The third-order valence-electron chi connectivity index (χ3n) is 4.74. The van der Waals surface area contributed by atoms with Crippen molar-refractivity contribution in [2.24, 2.45) is 5.41 Å². The summed E-state index contributed by atoms with van der Waals surface area (Å²) < 4.78 is 31.7. The van der Waals surface area contributed by atoms with Gasteiger partial charge >= 0.3 is 15.6 Å². The van der Waals surface area contributed by atoms with Crippen LogP contribution in [0.2, 0.25) is 0 Å². The predicted molar refractivity (Wildman–Crippen MR) is 108 cm³/mol. The van der Waals surface area contributed by atoms with E-state index in [4.69, 9.17) is 14.3 Å². The van der Waals surface area contributed by atoms with Crippen molar-refractivity contribution in [2.75, 3.05) is 0 Å². The molecule has 3 unspecified atom stereocenters. The molecule has 9 heteroatoms. The molecule has 0 bridgehead atoms. The largest absolute Gasteiger partial charge is 0.481 e. The fraction of sp³-hybridized carbons (Fsp3) is 0.778. The molecular weight excluding hydrogens is 390 g/mol. The summed E-state index contributed by atoms with van der Waals surface area (Å²) in [6.45, 7) is 13.9. The maximum absolute atomic E-state index is 11.9. The molecule has 0 aliphatic rings. The number of phosphoric ester groups is 1. The minimum atomic E-state index is -5.13. The van der Waals surface area contributed by atoms with Crippen LogP contribution in [0.1, 0.15) is 80.6 Å². The molecule has 160 valence electrons. The van der Waals surface area contributed by atoms with Gasteiger partial charge in [0.05, 0.1) is 5.60 Å². The third kappa shape index (κ3) is 12.0. The predicted octanol–water partition coefficient (Wildman–Crippen LogP) is 5.88. The van der Waals surface area contributed by atoms with Crippen LogP contribution < -0.4 is 0 Å². The van der Waals surface area contributed by atoms with E-state index in [0.717, 1.165) is 24.8 Å². The van der Waals surface area contributed by atoms with Crippen LogP contribution >= 0.6 is 15.6 Å². The highest BCUT2D eigenvalue weighted by Gasteiger charge is 2.39. The molecule has 0 saturated heterocycles. The zero-order chi connectivity index (χ0) is 21.5. The van der Waals surface area contributed by atoms with Crippen LogP contribution in [0.4, 0.5) is 0 Å². The summed E-state index contributed by atoms with van der Waals surface area (Å²) >= 11 is 0. The maximum atomic E-state index is 11.9. The zero-order valence-corrected chi connectivity index (χ0v) is 19.3. The Labute approximate surface area is 163 Å². The van der Waals surface area contributed by atoms with Crippen LogP contribution in [0.3, 0.4) is 0 Å². The van der Waals surface area contributed by atoms with Crippen molar-refractivity contribution in [1.82, 2.24) is 0 Å². The third-order valence-corrected chi connectivity index (χ3v) is 7.09. The number of hydrogen-bond donors (Lipinski definition) is 3. The van der Waals surface area contributed by atoms with Crippen LogP contribution in [-0.2, 0) is 18.0 Å². The summed E-state index contributed by atoms with van der Waals surface area (Å²) in [4.78, 5) is 27.1. The van der Waals surface area contributed by atoms with Crippen molar-refractivity contribution in [2.45, 2.75) is 86.2 Å². The van der Waals surface area contributed by atoms with Crippen LogP contribution in [0.25, 0.3) is 0 Å². The highest BCUT2D eigenvalue weighted by molar-refractivity contribution is 7.60. The van der Waals surface area contributed by atoms with E-state index in [0.29, 0.717) is 12.8 Å². The van der Waals surface area contributed by atoms with E-state index in [1.807, 2.05) is 13.0 Å². The van der Waals surface area contributed by atoms with E-state index >= 15 is 0 Å². The maximum Gasteiger partial charge on any atom is 0.481 e. The normalized spacial score (nSPS) is 19.7. The molecule has 0 fully saturated rings. The van der Waals surface area contributed by atoms with Gasteiger partial charge in [0.15, 0.2) is 0 Å². The molecule has 0 aliphatic carbocycles. The Hall–Kier alpha value is -0.260. The Morgan fingerprint density at radius 2 is 1.52 bits per heavy atom. The van der Waals surface area contributed by atoms with E-state index in [2.05, 4.69) is 38.1 Å². The molecule has 7 nitrogen and oxygen atoms in total. The SMILES string of the molecule is CCC(C)(CC=C(C)C)C/C(C)=C/CC(C)(CC)OP(=O)(O)OP(=O)(O)O. The first-order chi connectivity index (χ1) is 12.1. The number of phosphoric acid groups is 2. The van der Waals surface area contributed by atoms with Crippen molar-refractivity contribution < 1.29 is 32.6 Å². The lowest BCUT2D eigenvalue weighted by Crippen LogP contribution is -2.26. The average molecular weight is 426 g/mol. The molecule has 0 radical (unpaired) electrons. The van der Waals surface area contributed by atoms with Gasteiger partial charge in [-0.25, -0.2) is 9.13 Å². The molecule has 0 aliphatic heterocycles. The van der Waals surface area contributed by atoms with E-state index in [-0.39, 0.29) is 5.41 Å². The Morgan fingerprint density at radius 3 is 1.93 bits per heavy atom. The Morgan fingerprint density at radius 1 is 0.963 bits per heavy atom. The average Bonchev–Trinajstić information content (AvgIpc) is 2.48. The first-order valence-electron chi connectivity index (χ1n) is 9.15. The molecule has 0 amide bonds. The van der Waals surface area contributed by atoms with Gasteiger partial charge < -0.3 is 14.7 Å². The molecule has 0 aromatic heterocycles. The lowest BCUT2D eigenvalue weighted by atomic mass is 9.77. The molecule has 0 spiro atoms. The molecular formula is C18H36O7P2. The second kappa shape index (κ2) is 10.5. The van der Waals surface area contributed by atoms with Crippen molar-refractivity contribution >= 4 is 15.6 Å². The van der Waals surface area contributed by atoms with Gasteiger partial charge in [0.2, 0.25) is 0 Å². The zero-order valence-electron chi connectivity index (χ0n) is 17.6. The second-order valence-electron chi connectivity index (χ2n) is 8.02. The molecule has 0 heterocycles. The van der Waals surface area contributed by atoms with E-state index in [1.54, 1.807) is 13.8 Å². The van der Waals surface area contributed by atoms with Gasteiger partial charge in [-0.05, 0) is 58.8 Å². The molecule has 0 rings (SSSR count). The van der Waals surface area contributed by atoms with Gasteiger partial charge in [0, 0.05) is 0 Å². The standard InChI is InChI=1S/C18H36O7P2/c1-8-17(6,12-10-15(3)4)14-16(5)11-13-18(7,9-2)24-27(22,23)25-26(19,20)21/h10-11H,8-9,12-14H2,1-7H3,(H,22,23)(H2,19,20,21)/b16-11+. The summed E-state index contributed by atoms with van der Waals surface area (Å²) in [6, 6.07) is 0. The molecule has 27 heavy (non-hydrogen) atoms. The summed E-state index contributed by atoms with van der Waals surface area (Å²) in [6.07, 6.45) is 7.76. The highest BCUT2D eigenvalue weighted by Crippen LogP contribution is 2.60. The molecule has 0 saturated carbocycles. The fourth-order valence-electron chi connectivity index (χ4n) is 2.60. The van der Waals surface area contributed by atoms with E-state index < -0.39 is 21.2 Å². The lowest BCUT2D eigenvalue weighted by molar-refractivity contribution is 0.0475. The van der Waals surface area contributed by atoms with Crippen molar-refractivity contribution in [3.63, 3.8) is 0 Å². The van der Waals surface area contributed by atoms with Crippen LogP contribution in [0, 0.1) is 5.41 Å². The lowest BCUT2D eigenvalue weighted by Gasteiger charge is -2.30. The highest BCUT2D eigenvalue weighted by atomic mass is 31.3. The summed E-state index contributed by atoms with van der Waals surface area (Å²) in [5.74, 6) is 0. The second-order valence-corrected chi connectivity index (χ2v) is 10.8.